The number of pyridine rings is 1. The van der Waals surface area contributed by atoms with Gasteiger partial charge in [-0.25, -0.2) is 13.8 Å². The highest BCUT2D eigenvalue weighted by Crippen LogP contribution is 2.30. The second-order valence-electron chi connectivity index (χ2n) is 3.63. The third-order valence-electron chi connectivity index (χ3n) is 2.28. The minimum atomic E-state index is -2.75. The highest BCUT2D eigenvalue weighted by atomic mass is 19.3. The maximum absolute atomic E-state index is 12.8. The maximum atomic E-state index is 12.8. The van der Waals surface area contributed by atoms with Gasteiger partial charge in [0.05, 0.1) is 25.8 Å². The summed E-state index contributed by atoms with van der Waals surface area (Å²) in [5.41, 5.74) is 0.320. The number of ether oxygens (including phenoxy) is 2. The van der Waals surface area contributed by atoms with Crippen molar-refractivity contribution in [3.05, 3.63) is 23.0 Å². The summed E-state index contributed by atoms with van der Waals surface area (Å²) >= 11 is 0. The smallest absolute Gasteiger partial charge is 0.311 e. The van der Waals surface area contributed by atoms with Crippen LogP contribution in [0.5, 0.6) is 5.75 Å². The first-order chi connectivity index (χ1) is 8.49. The molecule has 0 aliphatic carbocycles. The van der Waals surface area contributed by atoms with Gasteiger partial charge in [-0.2, -0.15) is 0 Å². The number of aryl methyl sites for hydroxylation is 1. The third kappa shape index (κ3) is 3.38. The molecule has 4 nitrogen and oxygen atoms in total. The third-order valence-corrected chi connectivity index (χ3v) is 2.28. The van der Waals surface area contributed by atoms with Crippen molar-refractivity contribution < 1.29 is 23.0 Å². The molecule has 100 valence electrons. The number of rotatable bonds is 5. The zero-order valence-corrected chi connectivity index (χ0v) is 10.5. The monoisotopic (exact) mass is 259 g/mol. The number of carbonyl (C=O) groups excluding carboxylic acids is 1. The van der Waals surface area contributed by atoms with E-state index < -0.39 is 18.1 Å². The number of alkyl halides is 2. The summed E-state index contributed by atoms with van der Waals surface area (Å²) in [4.78, 5) is 15.0. The van der Waals surface area contributed by atoms with Gasteiger partial charge >= 0.3 is 5.97 Å². The van der Waals surface area contributed by atoms with E-state index in [4.69, 9.17) is 9.47 Å². The van der Waals surface area contributed by atoms with Gasteiger partial charge in [0.1, 0.15) is 11.4 Å². The van der Waals surface area contributed by atoms with Crippen LogP contribution in [0.2, 0.25) is 0 Å². The van der Waals surface area contributed by atoms with E-state index in [-0.39, 0.29) is 24.5 Å². The second-order valence-corrected chi connectivity index (χ2v) is 3.63. The van der Waals surface area contributed by atoms with Crippen molar-refractivity contribution in [3.8, 4) is 5.75 Å². The van der Waals surface area contributed by atoms with E-state index in [0.717, 1.165) is 0 Å². The molecule has 6 heteroatoms. The normalized spacial score (nSPS) is 10.6. The highest BCUT2D eigenvalue weighted by molar-refractivity contribution is 5.72. The molecule has 1 heterocycles. The van der Waals surface area contributed by atoms with Crippen molar-refractivity contribution in [1.29, 1.82) is 0 Å². The fourth-order valence-corrected chi connectivity index (χ4v) is 1.62. The lowest BCUT2D eigenvalue weighted by Crippen LogP contribution is -2.11. The Labute approximate surface area is 104 Å². The summed E-state index contributed by atoms with van der Waals surface area (Å²) in [7, 11) is 1.31. The van der Waals surface area contributed by atoms with E-state index in [1.165, 1.54) is 7.11 Å². The number of esters is 1. The van der Waals surface area contributed by atoms with Crippen LogP contribution in [-0.2, 0) is 16.0 Å². The molecule has 0 bridgehead atoms. The predicted molar refractivity (Wildman–Crippen MR) is 60.8 cm³/mol. The Morgan fingerprint density at radius 3 is 2.67 bits per heavy atom. The molecular weight excluding hydrogens is 244 g/mol. The van der Waals surface area contributed by atoms with Crippen LogP contribution >= 0.6 is 0 Å². The minimum Gasteiger partial charge on any atom is -0.494 e. The van der Waals surface area contributed by atoms with Gasteiger partial charge in [0, 0.05) is 0 Å². The van der Waals surface area contributed by atoms with Crippen molar-refractivity contribution >= 4 is 5.97 Å². The van der Waals surface area contributed by atoms with E-state index in [1.807, 2.05) is 0 Å². The van der Waals surface area contributed by atoms with Crippen LogP contribution in [-0.4, -0.2) is 24.7 Å². The summed E-state index contributed by atoms with van der Waals surface area (Å²) in [6.07, 6.45) is -2.88. The van der Waals surface area contributed by atoms with Gasteiger partial charge in [-0.05, 0) is 25.5 Å². The second kappa shape index (κ2) is 6.28. The minimum absolute atomic E-state index is 0.0533. The van der Waals surface area contributed by atoms with Crippen LogP contribution < -0.4 is 4.74 Å². The van der Waals surface area contributed by atoms with Crippen LogP contribution in [0.1, 0.15) is 30.3 Å². The molecule has 0 radical (unpaired) electrons. The molecule has 0 unspecified atom stereocenters. The Morgan fingerprint density at radius 1 is 1.50 bits per heavy atom. The zero-order chi connectivity index (χ0) is 13.7. The van der Waals surface area contributed by atoms with E-state index in [9.17, 15) is 13.6 Å². The van der Waals surface area contributed by atoms with Crippen LogP contribution in [0.25, 0.3) is 0 Å². The molecule has 18 heavy (non-hydrogen) atoms. The van der Waals surface area contributed by atoms with Crippen molar-refractivity contribution in [3.63, 3.8) is 0 Å². The first-order valence-corrected chi connectivity index (χ1v) is 5.47. The van der Waals surface area contributed by atoms with Crippen molar-refractivity contribution in [2.75, 3.05) is 13.7 Å². The Hall–Kier alpha value is -1.72. The number of methoxy groups -OCH3 is 1. The molecular formula is C12H15F2NO3. The molecule has 0 atom stereocenters. The number of hydrogen-bond acceptors (Lipinski definition) is 4. The Kier molecular flexibility index (Phi) is 5.00. The van der Waals surface area contributed by atoms with Crippen LogP contribution in [0.15, 0.2) is 6.07 Å². The molecule has 0 saturated carbocycles. The van der Waals surface area contributed by atoms with Crippen molar-refractivity contribution in [2.45, 2.75) is 26.7 Å². The summed E-state index contributed by atoms with van der Waals surface area (Å²) in [5.74, 6) is -0.438. The highest BCUT2D eigenvalue weighted by Gasteiger charge is 2.20. The lowest BCUT2D eigenvalue weighted by Gasteiger charge is -2.12. The van der Waals surface area contributed by atoms with Crippen LogP contribution in [0.4, 0.5) is 8.78 Å². The Bertz CT molecular complexity index is 436. The molecule has 0 saturated heterocycles. The van der Waals surface area contributed by atoms with Gasteiger partial charge in [0.2, 0.25) is 0 Å². The fourth-order valence-electron chi connectivity index (χ4n) is 1.62. The standard InChI is InChI=1S/C12H15F2NO3/c1-4-18-9(16)6-8-5-7(2)11(17-3)10(15-8)12(13)14/h5,12H,4,6H2,1-3H3. The summed E-state index contributed by atoms with van der Waals surface area (Å²) in [5, 5.41) is 0. The number of carbonyl (C=O) groups is 1. The molecule has 1 aromatic heterocycles. The molecule has 0 aliphatic rings. The number of hydrogen-bond donors (Lipinski definition) is 0. The molecule has 0 spiro atoms. The molecule has 0 amide bonds. The van der Waals surface area contributed by atoms with E-state index in [2.05, 4.69) is 4.98 Å². The van der Waals surface area contributed by atoms with Gasteiger partial charge in [-0.15, -0.1) is 0 Å². The lowest BCUT2D eigenvalue weighted by molar-refractivity contribution is -0.142. The van der Waals surface area contributed by atoms with Gasteiger partial charge < -0.3 is 9.47 Å². The molecule has 1 aromatic rings. The van der Waals surface area contributed by atoms with E-state index >= 15 is 0 Å². The van der Waals surface area contributed by atoms with Crippen LogP contribution in [0.3, 0.4) is 0 Å². The molecule has 0 aliphatic heterocycles. The summed E-state index contributed by atoms with van der Waals surface area (Å²) in [6, 6.07) is 1.54. The van der Waals surface area contributed by atoms with E-state index in [0.29, 0.717) is 5.56 Å². The van der Waals surface area contributed by atoms with Crippen LogP contribution in [0, 0.1) is 6.92 Å². The maximum Gasteiger partial charge on any atom is 0.311 e. The molecule has 1 rings (SSSR count). The quantitative estimate of drug-likeness (QED) is 0.762. The number of nitrogens with zero attached hydrogens (tertiary/aromatic N) is 1. The number of aromatic nitrogens is 1. The van der Waals surface area contributed by atoms with Gasteiger partial charge in [0.15, 0.2) is 0 Å². The lowest BCUT2D eigenvalue weighted by atomic mass is 10.1. The van der Waals surface area contributed by atoms with E-state index in [1.54, 1.807) is 19.9 Å². The molecule has 0 N–H and O–H groups in total. The summed E-state index contributed by atoms with van der Waals surface area (Å²) < 4.78 is 35.2. The topological polar surface area (TPSA) is 48.4 Å². The molecule has 0 fully saturated rings. The predicted octanol–water partition coefficient (Wildman–Crippen LogP) is 2.44. The summed E-state index contributed by atoms with van der Waals surface area (Å²) in [6.45, 7) is 3.55. The van der Waals surface area contributed by atoms with Crippen molar-refractivity contribution in [1.82, 2.24) is 4.98 Å². The van der Waals surface area contributed by atoms with Gasteiger partial charge in [-0.3, -0.25) is 4.79 Å². The average molecular weight is 259 g/mol. The zero-order valence-electron chi connectivity index (χ0n) is 10.5. The van der Waals surface area contributed by atoms with Crippen molar-refractivity contribution in [2.24, 2.45) is 0 Å². The molecule has 0 aromatic carbocycles. The fraction of sp³-hybridized carbons (Fsp3) is 0.500. The first-order valence-electron chi connectivity index (χ1n) is 5.47. The number of halogens is 2. The van der Waals surface area contributed by atoms with Gasteiger partial charge in [0.25, 0.3) is 6.43 Å². The largest absolute Gasteiger partial charge is 0.494 e. The average Bonchev–Trinajstić information content (AvgIpc) is 2.28. The Morgan fingerprint density at radius 2 is 2.17 bits per heavy atom. The first kappa shape index (κ1) is 14.3. The van der Waals surface area contributed by atoms with Gasteiger partial charge in [-0.1, -0.05) is 0 Å². The SMILES string of the molecule is CCOC(=O)Cc1cc(C)c(OC)c(C(F)F)n1. The Balaban J connectivity index is 3.05.